The Balaban J connectivity index is 1.85. The van der Waals surface area contributed by atoms with Gasteiger partial charge < -0.3 is 10.2 Å². The van der Waals surface area contributed by atoms with Crippen LogP contribution >= 0.6 is 23.2 Å². The number of halogens is 2. The van der Waals surface area contributed by atoms with E-state index in [0.29, 0.717) is 28.7 Å². The Kier molecular flexibility index (Phi) is 11.2. The molecule has 0 radical (unpaired) electrons. The molecule has 3 aromatic rings. The van der Waals surface area contributed by atoms with Gasteiger partial charge >= 0.3 is 0 Å². The smallest absolute Gasteiger partial charge is 0.243 e. The van der Waals surface area contributed by atoms with Crippen LogP contribution in [0.15, 0.2) is 78.9 Å². The Morgan fingerprint density at radius 1 is 0.897 bits per heavy atom. The minimum atomic E-state index is -3.59. The van der Waals surface area contributed by atoms with Gasteiger partial charge in [0.25, 0.3) is 0 Å². The van der Waals surface area contributed by atoms with Gasteiger partial charge in [-0.05, 0) is 60.9 Å². The number of amides is 2. The number of anilines is 1. The van der Waals surface area contributed by atoms with Crippen molar-refractivity contribution in [3.05, 3.63) is 100 Å². The largest absolute Gasteiger partial charge is 0.355 e. The summed E-state index contributed by atoms with van der Waals surface area (Å²) in [6.45, 7) is 2.54. The van der Waals surface area contributed by atoms with E-state index >= 15 is 0 Å². The van der Waals surface area contributed by atoms with Gasteiger partial charge in [-0.2, -0.15) is 0 Å². The molecule has 7 nitrogen and oxygen atoms in total. The Labute approximate surface area is 240 Å². The summed E-state index contributed by atoms with van der Waals surface area (Å²) in [7, 11) is -3.59. The van der Waals surface area contributed by atoms with Crippen LogP contribution in [0.3, 0.4) is 0 Å². The third-order valence-electron chi connectivity index (χ3n) is 6.13. The molecule has 1 N–H and O–H groups in total. The number of nitrogens with one attached hydrogen (secondary N) is 1. The first-order chi connectivity index (χ1) is 18.6. The van der Waals surface area contributed by atoms with Crippen molar-refractivity contribution in [1.29, 1.82) is 0 Å². The van der Waals surface area contributed by atoms with Gasteiger partial charge in [0, 0.05) is 42.5 Å². The SMILES string of the molecule is CCNC(=O)C(Cc1ccccc1)N(Cc1cccc(Cl)c1)C(=O)CCCN(c1ccc(Cl)cc1)S(C)(=O)=O. The summed E-state index contributed by atoms with van der Waals surface area (Å²) in [4.78, 5) is 28.5. The van der Waals surface area contributed by atoms with Crippen LogP contribution in [0.2, 0.25) is 10.0 Å². The summed E-state index contributed by atoms with van der Waals surface area (Å²) in [6.07, 6.45) is 1.76. The predicted molar refractivity (Wildman–Crippen MR) is 157 cm³/mol. The van der Waals surface area contributed by atoms with Crippen LogP contribution in [0.1, 0.15) is 30.9 Å². The number of carbonyl (C=O) groups excluding carboxylic acids is 2. The highest BCUT2D eigenvalue weighted by Crippen LogP contribution is 2.22. The highest BCUT2D eigenvalue weighted by atomic mass is 35.5. The normalized spacial score (nSPS) is 12.0. The van der Waals surface area contributed by atoms with Crippen molar-refractivity contribution in [3.8, 4) is 0 Å². The lowest BCUT2D eigenvalue weighted by atomic mass is 10.0. The Morgan fingerprint density at radius 2 is 1.56 bits per heavy atom. The number of carbonyl (C=O) groups is 2. The van der Waals surface area contributed by atoms with E-state index < -0.39 is 16.1 Å². The van der Waals surface area contributed by atoms with Crippen molar-refractivity contribution >= 4 is 50.7 Å². The Morgan fingerprint density at radius 3 is 2.18 bits per heavy atom. The van der Waals surface area contributed by atoms with Crippen molar-refractivity contribution in [2.75, 3.05) is 23.7 Å². The molecule has 0 fully saturated rings. The fourth-order valence-corrected chi connectivity index (χ4v) is 5.59. The highest BCUT2D eigenvalue weighted by molar-refractivity contribution is 7.92. The molecule has 0 aromatic heterocycles. The molecule has 0 saturated heterocycles. The lowest BCUT2D eigenvalue weighted by Gasteiger charge is -2.32. The molecule has 2 amide bonds. The third kappa shape index (κ3) is 9.27. The molecule has 208 valence electrons. The molecule has 1 unspecified atom stereocenters. The highest BCUT2D eigenvalue weighted by Gasteiger charge is 2.30. The van der Waals surface area contributed by atoms with Crippen LogP contribution in [0.25, 0.3) is 0 Å². The van der Waals surface area contributed by atoms with Crippen LogP contribution in [-0.2, 0) is 32.6 Å². The Bertz CT molecular complexity index is 1350. The van der Waals surface area contributed by atoms with Gasteiger partial charge in [-0.15, -0.1) is 0 Å². The lowest BCUT2D eigenvalue weighted by Crippen LogP contribution is -2.50. The number of hydrogen-bond acceptors (Lipinski definition) is 4. The first kappa shape index (κ1) is 30.5. The molecule has 10 heteroatoms. The third-order valence-corrected chi connectivity index (χ3v) is 7.81. The van der Waals surface area contributed by atoms with E-state index in [1.807, 2.05) is 43.3 Å². The summed E-state index contributed by atoms with van der Waals surface area (Å²) in [5.41, 5.74) is 2.18. The van der Waals surface area contributed by atoms with Crippen molar-refractivity contribution in [1.82, 2.24) is 10.2 Å². The van der Waals surface area contributed by atoms with Gasteiger partial charge in [-0.3, -0.25) is 13.9 Å². The van der Waals surface area contributed by atoms with Gasteiger partial charge in [-0.25, -0.2) is 8.42 Å². The lowest BCUT2D eigenvalue weighted by molar-refractivity contribution is -0.141. The number of hydrogen-bond donors (Lipinski definition) is 1. The maximum atomic E-state index is 13.7. The molecule has 3 aromatic carbocycles. The minimum Gasteiger partial charge on any atom is -0.355 e. The molecule has 39 heavy (non-hydrogen) atoms. The molecule has 0 spiro atoms. The average Bonchev–Trinajstić information content (AvgIpc) is 2.89. The zero-order chi connectivity index (χ0) is 28.4. The second kappa shape index (κ2) is 14.4. The van der Waals surface area contributed by atoms with Crippen molar-refractivity contribution in [3.63, 3.8) is 0 Å². The topological polar surface area (TPSA) is 86.8 Å². The summed E-state index contributed by atoms with van der Waals surface area (Å²) >= 11 is 12.2. The molecular formula is C29H33Cl2N3O4S. The van der Waals surface area contributed by atoms with Crippen molar-refractivity contribution < 1.29 is 18.0 Å². The van der Waals surface area contributed by atoms with Crippen LogP contribution in [-0.4, -0.2) is 50.5 Å². The van der Waals surface area contributed by atoms with Gasteiger partial charge in [0.05, 0.1) is 11.9 Å². The van der Waals surface area contributed by atoms with Crippen LogP contribution in [0.5, 0.6) is 0 Å². The fraction of sp³-hybridized carbons (Fsp3) is 0.310. The quantitative estimate of drug-likeness (QED) is 0.292. The first-order valence-corrected chi connectivity index (χ1v) is 15.3. The number of likely N-dealkylation sites (N-methyl/N-ethyl adjacent to an activating group) is 1. The average molecular weight is 591 g/mol. The minimum absolute atomic E-state index is 0.0465. The first-order valence-electron chi connectivity index (χ1n) is 12.7. The second-order valence-corrected chi connectivity index (χ2v) is 11.9. The van der Waals surface area contributed by atoms with E-state index in [-0.39, 0.29) is 37.7 Å². The molecular weight excluding hydrogens is 557 g/mol. The van der Waals surface area contributed by atoms with Crippen molar-refractivity contribution in [2.24, 2.45) is 0 Å². The molecule has 0 aliphatic rings. The van der Waals surface area contributed by atoms with Gasteiger partial charge in [0.15, 0.2) is 0 Å². The zero-order valence-electron chi connectivity index (χ0n) is 22.0. The van der Waals surface area contributed by atoms with Crippen LogP contribution < -0.4 is 9.62 Å². The summed E-state index contributed by atoms with van der Waals surface area (Å²) < 4.78 is 26.3. The molecule has 0 saturated carbocycles. The maximum Gasteiger partial charge on any atom is 0.243 e. The zero-order valence-corrected chi connectivity index (χ0v) is 24.3. The molecule has 0 bridgehead atoms. The van der Waals surface area contributed by atoms with E-state index in [1.54, 1.807) is 47.4 Å². The van der Waals surface area contributed by atoms with E-state index in [4.69, 9.17) is 23.2 Å². The summed E-state index contributed by atoms with van der Waals surface area (Å²) in [5.74, 6) is -0.512. The summed E-state index contributed by atoms with van der Waals surface area (Å²) in [6, 6.07) is 22.4. The number of nitrogens with zero attached hydrogens (tertiary/aromatic N) is 2. The molecule has 0 aliphatic heterocycles. The fourth-order valence-electron chi connectivity index (χ4n) is 4.29. The van der Waals surface area contributed by atoms with E-state index in [0.717, 1.165) is 17.4 Å². The maximum absolute atomic E-state index is 13.7. The van der Waals surface area contributed by atoms with Crippen molar-refractivity contribution in [2.45, 2.75) is 38.8 Å². The van der Waals surface area contributed by atoms with Gasteiger partial charge in [0.1, 0.15) is 6.04 Å². The second-order valence-electron chi connectivity index (χ2n) is 9.17. The Hall–Kier alpha value is -3.07. The number of benzene rings is 3. The van der Waals surface area contributed by atoms with E-state index in [1.165, 1.54) is 4.31 Å². The number of sulfonamides is 1. The van der Waals surface area contributed by atoms with Gasteiger partial charge in [0.2, 0.25) is 21.8 Å². The van der Waals surface area contributed by atoms with Gasteiger partial charge in [-0.1, -0.05) is 65.7 Å². The standard InChI is InChI=1S/C29H33Cl2N3O4S/c1-3-32-29(36)27(20-22-9-5-4-6-10-22)33(21-23-11-7-12-25(31)19-23)28(35)13-8-18-34(39(2,37)38)26-16-14-24(30)15-17-26/h4-7,9-12,14-17,19,27H,3,8,13,18,20-21H2,1-2H3,(H,32,36). The molecule has 1 atom stereocenters. The predicted octanol–water partition coefficient (Wildman–Crippen LogP) is 5.32. The number of rotatable bonds is 13. The van der Waals surface area contributed by atoms with E-state index in [2.05, 4.69) is 5.32 Å². The summed E-state index contributed by atoms with van der Waals surface area (Å²) in [5, 5.41) is 3.89. The molecule has 3 rings (SSSR count). The molecule has 0 aliphatic carbocycles. The monoisotopic (exact) mass is 589 g/mol. The molecule has 0 heterocycles. The van der Waals surface area contributed by atoms with Crippen LogP contribution in [0, 0.1) is 0 Å². The van der Waals surface area contributed by atoms with Crippen LogP contribution in [0.4, 0.5) is 5.69 Å². The van der Waals surface area contributed by atoms with E-state index in [9.17, 15) is 18.0 Å².